The largest absolute Gasteiger partial charge is 0.339 e. The summed E-state index contributed by atoms with van der Waals surface area (Å²) >= 11 is 0. The van der Waals surface area contributed by atoms with E-state index in [2.05, 4.69) is 0 Å². The lowest BCUT2D eigenvalue weighted by molar-refractivity contribution is -0.137. The summed E-state index contributed by atoms with van der Waals surface area (Å²) in [6, 6.07) is 13.8. The van der Waals surface area contributed by atoms with E-state index in [-0.39, 0.29) is 17.9 Å². The molecule has 0 aromatic heterocycles. The quantitative estimate of drug-likeness (QED) is 0.716. The van der Waals surface area contributed by atoms with Crippen molar-refractivity contribution >= 4 is 15.9 Å². The number of sulfonamides is 1. The van der Waals surface area contributed by atoms with Crippen molar-refractivity contribution in [1.29, 1.82) is 0 Å². The van der Waals surface area contributed by atoms with Crippen molar-refractivity contribution in [2.75, 3.05) is 20.1 Å². The number of hydrogen-bond donors (Lipinski definition) is 0. The Hall–Kier alpha value is -2.18. The van der Waals surface area contributed by atoms with Crippen molar-refractivity contribution in [3.05, 3.63) is 64.7 Å². The minimum absolute atomic E-state index is 0.0154. The van der Waals surface area contributed by atoms with E-state index in [4.69, 9.17) is 0 Å². The van der Waals surface area contributed by atoms with Gasteiger partial charge in [0.25, 0.3) is 0 Å². The van der Waals surface area contributed by atoms with Crippen molar-refractivity contribution in [3.8, 4) is 0 Å². The predicted octanol–water partition coefficient (Wildman–Crippen LogP) is 4.23. The van der Waals surface area contributed by atoms with E-state index in [9.17, 15) is 13.2 Å². The SMILES string of the molecule is Cc1cc(C)c(S(=O)(=O)N2CCC(C(=O)N(C)C(C)c3ccccc3)CC2)c(C)c1. The maximum Gasteiger partial charge on any atom is 0.243 e. The van der Waals surface area contributed by atoms with E-state index in [1.54, 1.807) is 9.21 Å². The third kappa shape index (κ3) is 4.44. The number of hydrogen-bond acceptors (Lipinski definition) is 3. The zero-order chi connectivity index (χ0) is 22.1. The highest BCUT2D eigenvalue weighted by Crippen LogP contribution is 2.30. The first-order valence-corrected chi connectivity index (χ1v) is 12.0. The molecule has 0 saturated carbocycles. The molecule has 1 fully saturated rings. The van der Waals surface area contributed by atoms with Crippen LogP contribution in [0.3, 0.4) is 0 Å². The second-order valence-corrected chi connectivity index (χ2v) is 10.3. The van der Waals surface area contributed by atoms with E-state index in [0.717, 1.165) is 22.3 Å². The molecule has 0 N–H and O–H groups in total. The van der Waals surface area contributed by atoms with Crippen molar-refractivity contribution in [2.24, 2.45) is 5.92 Å². The van der Waals surface area contributed by atoms with E-state index in [1.807, 2.05) is 77.2 Å². The Labute approximate surface area is 180 Å². The van der Waals surface area contributed by atoms with E-state index in [0.29, 0.717) is 30.8 Å². The molecule has 0 bridgehead atoms. The van der Waals surface area contributed by atoms with Crippen molar-refractivity contribution in [1.82, 2.24) is 9.21 Å². The van der Waals surface area contributed by atoms with Gasteiger partial charge in [0.15, 0.2) is 0 Å². The Morgan fingerprint density at radius 2 is 1.57 bits per heavy atom. The Morgan fingerprint density at radius 1 is 1.03 bits per heavy atom. The molecule has 1 saturated heterocycles. The molecule has 2 aromatic carbocycles. The summed E-state index contributed by atoms with van der Waals surface area (Å²) < 4.78 is 28.1. The topological polar surface area (TPSA) is 57.7 Å². The molecule has 1 heterocycles. The Bertz CT molecular complexity index is 987. The van der Waals surface area contributed by atoms with Crippen LogP contribution in [0.5, 0.6) is 0 Å². The fourth-order valence-electron chi connectivity index (χ4n) is 4.48. The number of amides is 1. The molecule has 2 aromatic rings. The van der Waals surface area contributed by atoms with Crippen LogP contribution in [0.25, 0.3) is 0 Å². The molecule has 1 aliphatic rings. The molecular formula is C24H32N2O3S. The molecule has 0 radical (unpaired) electrons. The van der Waals surface area contributed by atoms with Gasteiger partial charge in [-0.25, -0.2) is 8.42 Å². The summed E-state index contributed by atoms with van der Waals surface area (Å²) in [6.45, 7) is 8.44. The van der Waals surface area contributed by atoms with Gasteiger partial charge >= 0.3 is 0 Å². The van der Waals surface area contributed by atoms with E-state index >= 15 is 0 Å². The number of nitrogens with zero attached hydrogens (tertiary/aromatic N) is 2. The van der Waals surface area contributed by atoms with Crippen molar-refractivity contribution in [2.45, 2.75) is 51.5 Å². The molecule has 1 aliphatic heterocycles. The minimum Gasteiger partial charge on any atom is -0.339 e. The average molecular weight is 429 g/mol. The standard InChI is InChI=1S/C24H32N2O3S/c1-17-15-18(2)23(19(3)16-17)30(28,29)26-13-11-22(12-14-26)24(27)25(5)20(4)21-9-7-6-8-10-21/h6-10,15-16,20,22H,11-14H2,1-5H3. The highest BCUT2D eigenvalue weighted by atomic mass is 32.2. The van der Waals surface area contributed by atoms with Gasteiger partial charge < -0.3 is 4.90 Å². The summed E-state index contributed by atoms with van der Waals surface area (Å²) in [5, 5.41) is 0. The Balaban J connectivity index is 1.69. The van der Waals surface area contributed by atoms with Crippen LogP contribution >= 0.6 is 0 Å². The number of piperidine rings is 1. The summed E-state index contributed by atoms with van der Waals surface area (Å²) in [6.07, 6.45) is 1.10. The highest BCUT2D eigenvalue weighted by molar-refractivity contribution is 7.89. The van der Waals surface area contributed by atoms with Crippen molar-refractivity contribution in [3.63, 3.8) is 0 Å². The molecular weight excluding hydrogens is 396 g/mol. The van der Waals surface area contributed by atoms with Crippen LogP contribution < -0.4 is 0 Å². The average Bonchev–Trinajstić information content (AvgIpc) is 2.72. The van der Waals surface area contributed by atoms with E-state index < -0.39 is 10.0 Å². The monoisotopic (exact) mass is 428 g/mol. The van der Waals surface area contributed by atoms with Gasteiger partial charge in [0.2, 0.25) is 15.9 Å². The number of aryl methyl sites for hydroxylation is 3. The molecule has 1 atom stereocenters. The maximum absolute atomic E-state index is 13.3. The lowest BCUT2D eigenvalue weighted by atomic mass is 9.95. The lowest BCUT2D eigenvalue weighted by Gasteiger charge is -2.35. The predicted molar refractivity (Wildman–Crippen MR) is 120 cm³/mol. The zero-order valence-electron chi connectivity index (χ0n) is 18.6. The van der Waals surface area contributed by atoms with Crippen LogP contribution in [0.15, 0.2) is 47.4 Å². The van der Waals surface area contributed by atoms with Crippen LogP contribution in [0, 0.1) is 26.7 Å². The third-order valence-corrected chi connectivity index (χ3v) is 8.42. The molecule has 30 heavy (non-hydrogen) atoms. The second kappa shape index (κ2) is 8.90. The fourth-order valence-corrected chi connectivity index (χ4v) is 6.36. The fraction of sp³-hybridized carbons (Fsp3) is 0.458. The molecule has 1 amide bonds. The highest BCUT2D eigenvalue weighted by Gasteiger charge is 2.35. The molecule has 0 spiro atoms. The molecule has 3 rings (SSSR count). The number of carbonyl (C=O) groups excluding carboxylic acids is 1. The summed E-state index contributed by atoms with van der Waals surface area (Å²) in [7, 11) is -1.72. The van der Waals surface area contributed by atoms with Gasteiger partial charge in [0.05, 0.1) is 10.9 Å². The van der Waals surface area contributed by atoms with Crippen LogP contribution in [-0.2, 0) is 14.8 Å². The first kappa shape index (κ1) is 22.5. The third-order valence-electron chi connectivity index (χ3n) is 6.22. The van der Waals surface area contributed by atoms with Crippen LogP contribution in [0.4, 0.5) is 0 Å². The van der Waals surface area contributed by atoms with Gasteiger partial charge in [-0.2, -0.15) is 4.31 Å². The summed E-state index contributed by atoms with van der Waals surface area (Å²) in [5.41, 5.74) is 3.71. The summed E-state index contributed by atoms with van der Waals surface area (Å²) in [4.78, 5) is 15.2. The Morgan fingerprint density at radius 3 is 2.10 bits per heavy atom. The van der Waals surface area contributed by atoms with Gasteiger partial charge in [0, 0.05) is 26.1 Å². The smallest absolute Gasteiger partial charge is 0.243 e. The lowest BCUT2D eigenvalue weighted by Crippen LogP contribution is -2.44. The number of rotatable bonds is 5. The summed E-state index contributed by atoms with van der Waals surface area (Å²) in [5.74, 6) is -0.0566. The molecule has 0 aliphatic carbocycles. The minimum atomic E-state index is -3.56. The molecule has 6 heteroatoms. The van der Waals surface area contributed by atoms with Crippen LogP contribution in [0.2, 0.25) is 0 Å². The normalized spacial score (nSPS) is 17.0. The maximum atomic E-state index is 13.3. The molecule has 1 unspecified atom stereocenters. The van der Waals surface area contributed by atoms with E-state index in [1.165, 1.54) is 0 Å². The van der Waals surface area contributed by atoms with Gasteiger partial charge in [-0.15, -0.1) is 0 Å². The number of carbonyl (C=O) groups is 1. The molecule has 5 nitrogen and oxygen atoms in total. The van der Waals surface area contributed by atoms with Crippen LogP contribution in [-0.4, -0.2) is 43.7 Å². The van der Waals surface area contributed by atoms with Gasteiger partial charge in [0.1, 0.15) is 0 Å². The second-order valence-electron chi connectivity index (χ2n) is 8.44. The van der Waals surface area contributed by atoms with Crippen LogP contribution in [0.1, 0.15) is 48.1 Å². The van der Waals surface area contributed by atoms with Gasteiger partial charge in [-0.1, -0.05) is 48.0 Å². The van der Waals surface area contributed by atoms with Gasteiger partial charge in [-0.3, -0.25) is 4.79 Å². The van der Waals surface area contributed by atoms with Gasteiger partial charge in [-0.05, 0) is 57.2 Å². The van der Waals surface area contributed by atoms with Crippen molar-refractivity contribution < 1.29 is 13.2 Å². The zero-order valence-corrected chi connectivity index (χ0v) is 19.4. The molecule has 162 valence electrons. The Kier molecular flexibility index (Phi) is 6.68. The number of benzene rings is 2. The first-order valence-electron chi connectivity index (χ1n) is 10.5. The first-order chi connectivity index (χ1) is 14.1.